The van der Waals surface area contributed by atoms with Gasteiger partial charge in [0.2, 0.25) is 0 Å². The molecule has 2 saturated heterocycles. The van der Waals surface area contributed by atoms with Crippen molar-refractivity contribution in [1.29, 1.82) is 0 Å². The Morgan fingerprint density at radius 3 is 2.61 bits per heavy atom. The molecule has 2 heteroatoms. The predicted octanol–water partition coefficient (Wildman–Crippen LogP) is 3.65. The molecule has 0 radical (unpaired) electrons. The average molecular weight is 251 g/mol. The SMILES string of the molecule is CCC1(C2CCOC3(CCCCC3)C2)CCCN1. The third-order valence-corrected chi connectivity index (χ3v) is 5.95. The molecule has 2 aliphatic heterocycles. The lowest BCUT2D eigenvalue weighted by atomic mass is 9.68. The molecule has 2 unspecified atom stereocenters. The Balaban J connectivity index is 1.72. The second kappa shape index (κ2) is 5.13. The smallest absolute Gasteiger partial charge is 0.0685 e. The second-order valence-corrected chi connectivity index (χ2v) is 6.82. The van der Waals surface area contributed by atoms with Crippen molar-refractivity contribution in [2.45, 2.75) is 82.3 Å². The predicted molar refractivity (Wildman–Crippen MR) is 74.8 cm³/mol. The minimum atomic E-state index is 0.271. The highest BCUT2D eigenvalue weighted by atomic mass is 16.5. The first-order valence-electron chi connectivity index (χ1n) is 8.18. The molecule has 1 spiro atoms. The molecule has 1 N–H and O–H groups in total. The summed E-state index contributed by atoms with van der Waals surface area (Å²) in [5.74, 6) is 0.858. The van der Waals surface area contributed by atoms with Crippen LogP contribution in [0.3, 0.4) is 0 Å². The molecule has 1 saturated carbocycles. The van der Waals surface area contributed by atoms with Crippen molar-refractivity contribution in [3.63, 3.8) is 0 Å². The number of rotatable bonds is 2. The Bertz CT molecular complexity index is 271. The lowest BCUT2D eigenvalue weighted by Crippen LogP contribution is -2.53. The Hall–Kier alpha value is -0.0800. The van der Waals surface area contributed by atoms with E-state index >= 15 is 0 Å². The minimum Gasteiger partial charge on any atom is -0.375 e. The lowest BCUT2D eigenvalue weighted by Gasteiger charge is -2.49. The lowest BCUT2D eigenvalue weighted by molar-refractivity contribution is -0.129. The van der Waals surface area contributed by atoms with Crippen LogP contribution < -0.4 is 5.32 Å². The van der Waals surface area contributed by atoms with Crippen LogP contribution in [0.1, 0.15) is 71.1 Å². The summed E-state index contributed by atoms with van der Waals surface area (Å²) >= 11 is 0. The van der Waals surface area contributed by atoms with E-state index < -0.39 is 0 Å². The van der Waals surface area contributed by atoms with E-state index in [1.165, 1.54) is 70.8 Å². The Kier molecular flexibility index (Phi) is 3.68. The van der Waals surface area contributed by atoms with Crippen LogP contribution in [-0.4, -0.2) is 24.3 Å². The van der Waals surface area contributed by atoms with Gasteiger partial charge in [0.05, 0.1) is 5.60 Å². The Morgan fingerprint density at radius 2 is 1.94 bits per heavy atom. The normalized spacial score (nSPS) is 40.2. The molecule has 2 nitrogen and oxygen atoms in total. The van der Waals surface area contributed by atoms with Crippen molar-refractivity contribution in [2.24, 2.45) is 5.92 Å². The molecule has 2 atom stereocenters. The van der Waals surface area contributed by atoms with Crippen LogP contribution in [0.4, 0.5) is 0 Å². The van der Waals surface area contributed by atoms with Crippen LogP contribution >= 0.6 is 0 Å². The summed E-state index contributed by atoms with van der Waals surface area (Å²) in [5.41, 5.74) is 0.724. The van der Waals surface area contributed by atoms with Crippen LogP contribution in [0.5, 0.6) is 0 Å². The summed E-state index contributed by atoms with van der Waals surface area (Å²) in [6.07, 6.45) is 13.5. The zero-order valence-corrected chi connectivity index (χ0v) is 12.0. The summed E-state index contributed by atoms with van der Waals surface area (Å²) < 4.78 is 6.26. The van der Waals surface area contributed by atoms with Gasteiger partial charge < -0.3 is 10.1 Å². The second-order valence-electron chi connectivity index (χ2n) is 6.82. The van der Waals surface area contributed by atoms with E-state index in [0.29, 0.717) is 5.54 Å². The maximum atomic E-state index is 6.26. The van der Waals surface area contributed by atoms with Gasteiger partial charge in [0.15, 0.2) is 0 Å². The maximum Gasteiger partial charge on any atom is 0.0685 e. The molecule has 0 amide bonds. The maximum absolute atomic E-state index is 6.26. The van der Waals surface area contributed by atoms with Crippen molar-refractivity contribution >= 4 is 0 Å². The van der Waals surface area contributed by atoms with Gasteiger partial charge in [-0.15, -0.1) is 0 Å². The molecule has 1 aliphatic carbocycles. The molecule has 0 aromatic rings. The fourth-order valence-corrected chi connectivity index (χ4v) is 4.81. The zero-order valence-electron chi connectivity index (χ0n) is 12.0. The van der Waals surface area contributed by atoms with Gasteiger partial charge in [-0.3, -0.25) is 0 Å². The quantitative estimate of drug-likeness (QED) is 0.809. The molecule has 18 heavy (non-hydrogen) atoms. The first-order valence-corrected chi connectivity index (χ1v) is 8.18. The number of hydrogen-bond acceptors (Lipinski definition) is 2. The van der Waals surface area contributed by atoms with Gasteiger partial charge in [0, 0.05) is 12.1 Å². The summed E-state index contributed by atoms with van der Waals surface area (Å²) in [5, 5.41) is 3.86. The first kappa shape index (κ1) is 12.9. The Labute approximate surface area is 112 Å². The topological polar surface area (TPSA) is 21.3 Å². The van der Waals surface area contributed by atoms with Gasteiger partial charge in [-0.05, 0) is 57.4 Å². The van der Waals surface area contributed by atoms with Crippen LogP contribution in [0.25, 0.3) is 0 Å². The molecule has 0 aromatic carbocycles. The van der Waals surface area contributed by atoms with Crippen molar-refractivity contribution < 1.29 is 4.74 Å². The summed E-state index contributed by atoms with van der Waals surface area (Å²) in [6, 6.07) is 0. The highest BCUT2D eigenvalue weighted by Crippen LogP contribution is 2.46. The average Bonchev–Trinajstić information content (AvgIpc) is 2.90. The van der Waals surface area contributed by atoms with Gasteiger partial charge in [-0.2, -0.15) is 0 Å². The molecule has 0 aromatic heterocycles. The standard InChI is InChI=1S/C16H29NO/c1-2-16(10-6-11-17-16)14-7-12-18-15(13-14)8-4-3-5-9-15/h14,17H,2-13H2,1H3. The van der Waals surface area contributed by atoms with E-state index in [0.717, 1.165) is 12.5 Å². The van der Waals surface area contributed by atoms with Crippen molar-refractivity contribution in [2.75, 3.05) is 13.2 Å². The molecular formula is C16H29NO. The van der Waals surface area contributed by atoms with Crippen LogP contribution in [0, 0.1) is 5.92 Å². The van der Waals surface area contributed by atoms with Crippen molar-refractivity contribution in [3.8, 4) is 0 Å². The number of hydrogen-bond donors (Lipinski definition) is 1. The van der Waals surface area contributed by atoms with Crippen molar-refractivity contribution in [1.82, 2.24) is 5.32 Å². The minimum absolute atomic E-state index is 0.271. The van der Waals surface area contributed by atoms with Crippen LogP contribution in [0.15, 0.2) is 0 Å². The van der Waals surface area contributed by atoms with E-state index in [-0.39, 0.29) is 5.60 Å². The van der Waals surface area contributed by atoms with Crippen molar-refractivity contribution in [3.05, 3.63) is 0 Å². The van der Waals surface area contributed by atoms with Gasteiger partial charge in [-0.25, -0.2) is 0 Å². The van der Waals surface area contributed by atoms with E-state index in [9.17, 15) is 0 Å². The van der Waals surface area contributed by atoms with E-state index in [2.05, 4.69) is 12.2 Å². The monoisotopic (exact) mass is 251 g/mol. The van der Waals surface area contributed by atoms with Gasteiger partial charge in [0.25, 0.3) is 0 Å². The largest absolute Gasteiger partial charge is 0.375 e. The third-order valence-electron chi connectivity index (χ3n) is 5.95. The number of ether oxygens (including phenoxy) is 1. The van der Waals surface area contributed by atoms with Crippen LogP contribution in [0.2, 0.25) is 0 Å². The summed E-state index contributed by atoms with van der Waals surface area (Å²) in [4.78, 5) is 0. The fourth-order valence-electron chi connectivity index (χ4n) is 4.81. The summed E-state index contributed by atoms with van der Waals surface area (Å²) in [7, 11) is 0. The Morgan fingerprint density at radius 1 is 1.11 bits per heavy atom. The molecular weight excluding hydrogens is 222 g/mol. The first-order chi connectivity index (χ1) is 8.79. The third kappa shape index (κ3) is 2.22. The van der Waals surface area contributed by atoms with E-state index in [1.54, 1.807) is 0 Å². The van der Waals surface area contributed by atoms with Gasteiger partial charge >= 0.3 is 0 Å². The molecule has 104 valence electrons. The molecule has 3 fully saturated rings. The highest BCUT2D eigenvalue weighted by Gasteiger charge is 2.47. The molecule has 0 bridgehead atoms. The zero-order chi connectivity index (χ0) is 12.5. The van der Waals surface area contributed by atoms with E-state index in [1.807, 2.05) is 0 Å². The molecule has 3 rings (SSSR count). The van der Waals surface area contributed by atoms with E-state index in [4.69, 9.17) is 4.74 Å². The fraction of sp³-hybridized carbons (Fsp3) is 1.00. The van der Waals surface area contributed by atoms with Gasteiger partial charge in [0.1, 0.15) is 0 Å². The van der Waals surface area contributed by atoms with Crippen LogP contribution in [-0.2, 0) is 4.74 Å². The highest BCUT2D eigenvalue weighted by molar-refractivity contribution is 5.02. The number of nitrogens with one attached hydrogen (secondary N) is 1. The molecule has 3 aliphatic rings. The molecule has 2 heterocycles. The summed E-state index contributed by atoms with van der Waals surface area (Å²) in [6.45, 7) is 4.62. The van der Waals surface area contributed by atoms with Gasteiger partial charge in [-0.1, -0.05) is 26.2 Å².